The molecule has 1 saturated heterocycles. The molecule has 3 aromatic rings. The Morgan fingerprint density at radius 3 is 2.97 bits per heavy atom. The summed E-state index contributed by atoms with van der Waals surface area (Å²) in [6.45, 7) is 2.53. The number of cyclic esters (lactones) is 1. The third kappa shape index (κ3) is 3.72. The minimum absolute atomic E-state index is 0.00236. The average molecular weight is 478 g/mol. The molecule has 3 aliphatic rings. The van der Waals surface area contributed by atoms with E-state index in [1.54, 1.807) is 27.8 Å². The summed E-state index contributed by atoms with van der Waals surface area (Å²) >= 11 is 1.49. The molecule has 34 heavy (non-hydrogen) atoms. The van der Waals surface area contributed by atoms with Crippen LogP contribution in [0.3, 0.4) is 0 Å². The van der Waals surface area contributed by atoms with Gasteiger partial charge in [-0.1, -0.05) is 0 Å². The number of aromatic nitrogens is 2. The Labute approximate surface area is 199 Å². The lowest BCUT2D eigenvalue weighted by molar-refractivity contribution is -0.113. The Bertz CT molecular complexity index is 1370. The maximum atomic E-state index is 12.5. The fourth-order valence-electron chi connectivity index (χ4n) is 4.92. The van der Waals surface area contributed by atoms with Crippen LogP contribution >= 0.6 is 11.8 Å². The van der Waals surface area contributed by atoms with Crippen LogP contribution < -0.4 is 21.1 Å². The zero-order valence-electron chi connectivity index (χ0n) is 18.3. The van der Waals surface area contributed by atoms with E-state index in [4.69, 9.17) is 4.74 Å². The van der Waals surface area contributed by atoms with Crippen LogP contribution in [0.25, 0.3) is 11.0 Å². The van der Waals surface area contributed by atoms with E-state index < -0.39 is 0 Å². The second-order valence-corrected chi connectivity index (χ2v) is 9.76. The van der Waals surface area contributed by atoms with Crippen LogP contribution in [-0.4, -0.2) is 53.0 Å². The number of carbonyl (C=O) groups excluding carboxylic acids is 2. The molecule has 0 saturated carbocycles. The molecule has 0 unspecified atom stereocenters. The highest BCUT2D eigenvalue weighted by Crippen LogP contribution is 2.36. The van der Waals surface area contributed by atoms with E-state index in [2.05, 4.69) is 15.6 Å². The molecule has 0 aliphatic carbocycles. The normalized spacial score (nSPS) is 21.0. The number of amides is 2. The lowest BCUT2D eigenvalue weighted by atomic mass is 10.0. The molecule has 9 nitrogen and oxygen atoms in total. The molecular formula is C24H23N5O4S. The van der Waals surface area contributed by atoms with Gasteiger partial charge < -0.3 is 19.9 Å². The van der Waals surface area contributed by atoms with Crippen LogP contribution in [0, 0.1) is 0 Å². The first-order chi connectivity index (χ1) is 16.6. The summed E-state index contributed by atoms with van der Waals surface area (Å²) in [5, 5.41) is 6.33. The third-order valence-electron chi connectivity index (χ3n) is 6.56. The molecule has 2 N–H and O–H groups in total. The molecule has 10 heteroatoms. The Kier molecular flexibility index (Phi) is 5.26. The van der Waals surface area contributed by atoms with Crippen molar-refractivity contribution >= 4 is 46.2 Å². The molecular weight excluding hydrogens is 454 g/mol. The van der Waals surface area contributed by atoms with Gasteiger partial charge in [-0.05, 0) is 48.9 Å². The van der Waals surface area contributed by atoms with Gasteiger partial charge in [0, 0.05) is 41.9 Å². The number of hydrogen-bond acceptors (Lipinski definition) is 7. The predicted octanol–water partition coefficient (Wildman–Crippen LogP) is 2.54. The topological polar surface area (TPSA) is 106 Å². The summed E-state index contributed by atoms with van der Waals surface area (Å²) in [6.07, 6.45) is 1.90. The molecule has 1 fully saturated rings. The number of nitrogens with one attached hydrogen (secondary N) is 2. The predicted molar refractivity (Wildman–Crippen MR) is 130 cm³/mol. The van der Waals surface area contributed by atoms with Crippen LogP contribution in [0.2, 0.25) is 0 Å². The van der Waals surface area contributed by atoms with Crippen LogP contribution in [-0.2, 0) is 16.1 Å². The first kappa shape index (κ1) is 21.2. The number of ether oxygens (including phenoxy) is 1. The Morgan fingerprint density at radius 2 is 2.06 bits per heavy atom. The lowest BCUT2D eigenvalue weighted by Crippen LogP contribution is -2.28. The van der Waals surface area contributed by atoms with Gasteiger partial charge in [0.1, 0.15) is 6.10 Å². The molecule has 5 heterocycles. The van der Waals surface area contributed by atoms with Crippen molar-refractivity contribution in [1.29, 1.82) is 0 Å². The quantitative estimate of drug-likeness (QED) is 0.526. The minimum atomic E-state index is -0.371. The lowest BCUT2D eigenvalue weighted by Gasteiger charge is -2.20. The minimum Gasteiger partial charge on any atom is -0.444 e. The number of anilines is 2. The number of thioether (sulfide) groups is 1. The summed E-state index contributed by atoms with van der Waals surface area (Å²) in [7, 11) is 0. The highest BCUT2D eigenvalue weighted by Gasteiger charge is 2.33. The van der Waals surface area contributed by atoms with Crippen molar-refractivity contribution in [3.63, 3.8) is 0 Å². The first-order valence-electron chi connectivity index (χ1n) is 11.3. The van der Waals surface area contributed by atoms with E-state index in [1.807, 2.05) is 24.3 Å². The highest BCUT2D eigenvalue weighted by molar-refractivity contribution is 8.00. The highest BCUT2D eigenvalue weighted by atomic mass is 32.2. The second kappa shape index (κ2) is 8.44. The number of nitrogens with zero attached hydrogens (tertiary/aromatic N) is 3. The van der Waals surface area contributed by atoms with Gasteiger partial charge in [0.25, 0.3) is 5.56 Å². The molecule has 174 valence electrons. The molecule has 1 aromatic carbocycles. The van der Waals surface area contributed by atoms with Crippen molar-refractivity contribution in [2.45, 2.75) is 29.9 Å². The first-order valence-corrected chi connectivity index (χ1v) is 12.3. The van der Waals surface area contributed by atoms with Gasteiger partial charge in [0.2, 0.25) is 5.91 Å². The van der Waals surface area contributed by atoms with E-state index in [9.17, 15) is 14.4 Å². The van der Waals surface area contributed by atoms with E-state index in [1.165, 1.54) is 11.8 Å². The van der Waals surface area contributed by atoms with E-state index in [-0.39, 0.29) is 29.6 Å². The summed E-state index contributed by atoms with van der Waals surface area (Å²) < 4.78 is 7.39. The van der Waals surface area contributed by atoms with E-state index >= 15 is 0 Å². The Hall–Kier alpha value is -3.37. The number of benzene rings is 1. The third-order valence-corrected chi connectivity index (χ3v) is 7.64. The number of carbonyl (C=O) groups is 2. The summed E-state index contributed by atoms with van der Waals surface area (Å²) in [5.41, 5.74) is 4.38. The number of pyridine rings is 2. The van der Waals surface area contributed by atoms with E-state index in [0.29, 0.717) is 31.8 Å². The van der Waals surface area contributed by atoms with Gasteiger partial charge in [-0.15, -0.1) is 11.8 Å². The fourth-order valence-corrected chi connectivity index (χ4v) is 5.71. The molecule has 6 rings (SSSR count). The van der Waals surface area contributed by atoms with Crippen molar-refractivity contribution in [1.82, 2.24) is 14.9 Å². The van der Waals surface area contributed by atoms with Crippen molar-refractivity contribution in [3.8, 4) is 0 Å². The van der Waals surface area contributed by atoms with Crippen LogP contribution in [0.15, 0.2) is 52.3 Å². The molecule has 0 radical (unpaired) electrons. The second-order valence-electron chi connectivity index (χ2n) is 8.74. The number of rotatable bonds is 6. The zero-order valence-corrected chi connectivity index (χ0v) is 19.1. The molecule has 3 aliphatic heterocycles. The molecule has 0 bridgehead atoms. The maximum absolute atomic E-state index is 12.5. The standard InChI is InChI=1S/C24H23N5O4S/c30-21-13-34-20-3-1-15(9-19(20)27-21)28-12-16(33-24(28)32)5-7-25-10-14-11-29-22(31)4-2-18-23(29)17(14)6-8-26-18/h1-4,6,8-9,14,16,25H,5,7,10-13H2,(H,27,30)/t14-,16-/m1/s1. The molecule has 2 aromatic heterocycles. The summed E-state index contributed by atoms with van der Waals surface area (Å²) in [6, 6.07) is 11.0. The fraction of sp³-hybridized carbons (Fsp3) is 0.333. The number of fused-ring (bicyclic) bond motifs is 1. The molecule has 0 spiro atoms. The van der Waals surface area contributed by atoms with Crippen LogP contribution in [0.1, 0.15) is 17.9 Å². The van der Waals surface area contributed by atoms with Crippen molar-refractivity contribution in [2.75, 3.05) is 35.6 Å². The van der Waals surface area contributed by atoms with Crippen molar-refractivity contribution < 1.29 is 14.3 Å². The zero-order chi connectivity index (χ0) is 23.2. The van der Waals surface area contributed by atoms with Gasteiger partial charge >= 0.3 is 6.09 Å². The smallest absolute Gasteiger partial charge is 0.414 e. The van der Waals surface area contributed by atoms with Gasteiger partial charge in [0.15, 0.2) is 0 Å². The van der Waals surface area contributed by atoms with Crippen molar-refractivity contribution in [3.05, 3.63) is 58.5 Å². The van der Waals surface area contributed by atoms with Gasteiger partial charge in [-0.2, -0.15) is 0 Å². The Balaban J connectivity index is 1.05. The monoisotopic (exact) mass is 477 g/mol. The SMILES string of the molecule is O=C1CSc2ccc(N3C[C@@H](CCNC[C@@H]4Cn5c(=O)ccc6nccc4c65)OC3=O)cc2N1. The van der Waals surface area contributed by atoms with Crippen LogP contribution in [0.5, 0.6) is 0 Å². The van der Waals surface area contributed by atoms with Gasteiger partial charge in [-0.3, -0.25) is 19.5 Å². The number of hydrogen-bond donors (Lipinski definition) is 2. The largest absolute Gasteiger partial charge is 0.444 e. The van der Waals surface area contributed by atoms with Crippen molar-refractivity contribution in [2.24, 2.45) is 0 Å². The van der Waals surface area contributed by atoms with Gasteiger partial charge in [0.05, 0.1) is 29.0 Å². The average Bonchev–Trinajstić information content (AvgIpc) is 3.40. The Morgan fingerprint density at radius 1 is 1.15 bits per heavy atom. The molecule has 2 atom stereocenters. The molecule has 2 amide bonds. The van der Waals surface area contributed by atoms with Gasteiger partial charge in [-0.25, -0.2) is 4.79 Å². The van der Waals surface area contributed by atoms with E-state index in [0.717, 1.165) is 39.4 Å². The summed E-state index contributed by atoms with van der Waals surface area (Å²) in [5.74, 6) is 0.570. The summed E-state index contributed by atoms with van der Waals surface area (Å²) in [4.78, 5) is 43.4. The van der Waals surface area contributed by atoms with Crippen LogP contribution in [0.4, 0.5) is 16.2 Å². The maximum Gasteiger partial charge on any atom is 0.414 e.